The zero-order valence-corrected chi connectivity index (χ0v) is 25.2. The van der Waals surface area contributed by atoms with Crippen LogP contribution in [0.3, 0.4) is 0 Å². The van der Waals surface area contributed by atoms with Crippen LogP contribution < -0.4 is 15.4 Å². The molecule has 1 aromatic heterocycles. The Hall–Kier alpha value is -4.02. The van der Waals surface area contributed by atoms with Gasteiger partial charge in [-0.05, 0) is 80.1 Å². The molecule has 1 unspecified atom stereocenters. The van der Waals surface area contributed by atoms with Crippen LogP contribution in [0, 0.1) is 5.41 Å². The minimum absolute atomic E-state index is 0.0403. The second-order valence-electron chi connectivity index (χ2n) is 11.5. The third kappa shape index (κ3) is 6.14. The smallest absolute Gasteiger partial charge is 0.418 e. The Kier molecular flexibility index (Phi) is 8.68. The lowest BCUT2D eigenvalue weighted by molar-refractivity contribution is -0.136. The Labute approximate surface area is 257 Å². The number of rotatable bonds is 8. The second-order valence-corrected chi connectivity index (χ2v) is 11.9. The molecule has 0 radical (unpaired) electrons. The molecule has 44 heavy (non-hydrogen) atoms. The van der Waals surface area contributed by atoms with Gasteiger partial charge in [-0.15, -0.1) is 0 Å². The summed E-state index contributed by atoms with van der Waals surface area (Å²) < 4.78 is 46.9. The molecule has 0 bridgehead atoms. The van der Waals surface area contributed by atoms with Gasteiger partial charge in [0.25, 0.3) is 11.8 Å². The number of alkyl halides is 3. The number of amides is 2. The average Bonchev–Trinajstić information content (AvgIpc) is 3.36. The highest BCUT2D eigenvalue weighted by Crippen LogP contribution is 2.42. The number of carbonyl (C=O) groups excluding carboxylic acids is 2. The standard InChI is InChI=1S/C33H33ClF3N3O4/c1-18(2)44-28-10-8-19(20-7-9-22(26(34)14-20)30(42)38-3)13-23(28)31(43)39-16-32(17-41)12-11-27-24(15-32)21-5-4-6-25(29(21)40-27)33(35,36)37/h4-10,13-14,18,40-41H,11-12,15-17H2,1-3H3,(H,38,42)(H,39,43). The predicted octanol–water partition coefficient (Wildman–Crippen LogP) is 6.55. The largest absolute Gasteiger partial charge is 0.490 e. The van der Waals surface area contributed by atoms with Crippen LogP contribution in [0.15, 0.2) is 54.6 Å². The molecule has 11 heteroatoms. The molecule has 0 saturated heterocycles. The fraction of sp³-hybridized carbons (Fsp3) is 0.333. The fourth-order valence-electron chi connectivity index (χ4n) is 5.79. The highest BCUT2D eigenvalue weighted by molar-refractivity contribution is 6.34. The zero-order valence-electron chi connectivity index (χ0n) is 24.5. The quantitative estimate of drug-likeness (QED) is 0.178. The first-order valence-corrected chi connectivity index (χ1v) is 14.6. The lowest BCUT2D eigenvalue weighted by Gasteiger charge is -2.36. The van der Waals surface area contributed by atoms with Gasteiger partial charge in [-0.1, -0.05) is 35.9 Å². The third-order valence-electron chi connectivity index (χ3n) is 8.11. The van der Waals surface area contributed by atoms with Crippen molar-refractivity contribution < 1.29 is 32.6 Å². The molecule has 0 aliphatic heterocycles. The summed E-state index contributed by atoms with van der Waals surface area (Å²) in [6, 6.07) is 14.3. The molecular weight excluding hydrogens is 595 g/mol. The minimum atomic E-state index is -4.50. The van der Waals surface area contributed by atoms with E-state index in [-0.39, 0.29) is 41.3 Å². The maximum atomic E-state index is 13.7. The lowest BCUT2D eigenvalue weighted by Crippen LogP contribution is -2.43. The number of ether oxygens (including phenoxy) is 1. The van der Waals surface area contributed by atoms with Crippen molar-refractivity contribution >= 4 is 34.3 Å². The predicted molar refractivity (Wildman–Crippen MR) is 163 cm³/mol. The highest BCUT2D eigenvalue weighted by atomic mass is 35.5. The number of aliphatic hydroxyl groups is 1. The molecule has 2 amide bonds. The van der Waals surface area contributed by atoms with E-state index >= 15 is 0 Å². The number of aromatic nitrogens is 1. The summed E-state index contributed by atoms with van der Waals surface area (Å²) in [5.41, 5.74) is 1.95. The minimum Gasteiger partial charge on any atom is -0.490 e. The molecule has 1 heterocycles. The van der Waals surface area contributed by atoms with Crippen molar-refractivity contribution in [3.8, 4) is 16.9 Å². The number of carbonyl (C=O) groups is 2. The number of benzene rings is 3. The Morgan fingerprint density at radius 1 is 1.07 bits per heavy atom. The lowest BCUT2D eigenvalue weighted by atomic mass is 9.73. The molecule has 3 aromatic carbocycles. The van der Waals surface area contributed by atoms with Crippen LogP contribution in [0.4, 0.5) is 13.2 Å². The van der Waals surface area contributed by atoms with Crippen molar-refractivity contribution in [3.63, 3.8) is 0 Å². The molecule has 4 N–H and O–H groups in total. The van der Waals surface area contributed by atoms with Gasteiger partial charge in [0.05, 0.1) is 39.9 Å². The number of H-pyrrole nitrogens is 1. The van der Waals surface area contributed by atoms with Gasteiger partial charge in [-0.2, -0.15) is 13.2 Å². The van der Waals surface area contributed by atoms with Gasteiger partial charge < -0.3 is 25.5 Å². The average molecular weight is 628 g/mol. The fourth-order valence-corrected chi connectivity index (χ4v) is 6.06. The molecule has 0 fully saturated rings. The summed E-state index contributed by atoms with van der Waals surface area (Å²) >= 11 is 6.37. The van der Waals surface area contributed by atoms with Crippen LogP contribution in [0.1, 0.15) is 57.8 Å². The van der Waals surface area contributed by atoms with E-state index in [1.54, 1.807) is 42.5 Å². The van der Waals surface area contributed by atoms with Gasteiger partial charge in [-0.25, -0.2) is 0 Å². The first-order valence-electron chi connectivity index (χ1n) is 14.3. The number of aryl methyl sites for hydroxylation is 1. The van der Waals surface area contributed by atoms with Crippen LogP contribution >= 0.6 is 11.6 Å². The number of halogens is 4. The van der Waals surface area contributed by atoms with Gasteiger partial charge in [0.1, 0.15) is 5.75 Å². The molecular formula is C33H33ClF3N3O4. The summed E-state index contributed by atoms with van der Waals surface area (Å²) in [5.74, 6) is -0.370. The van der Waals surface area contributed by atoms with Crippen LogP contribution in [0.2, 0.25) is 5.02 Å². The Balaban J connectivity index is 1.42. The third-order valence-corrected chi connectivity index (χ3v) is 8.43. The normalized spacial score (nSPS) is 16.6. The Bertz CT molecular complexity index is 1730. The van der Waals surface area contributed by atoms with Crippen LogP contribution in [-0.2, 0) is 19.0 Å². The van der Waals surface area contributed by atoms with Crippen molar-refractivity contribution in [1.29, 1.82) is 0 Å². The Morgan fingerprint density at radius 2 is 1.80 bits per heavy atom. The van der Waals surface area contributed by atoms with E-state index in [0.717, 1.165) is 11.6 Å². The number of nitrogens with one attached hydrogen (secondary N) is 3. The van der Waals surface area contributed by atoms with E-state index in [9.17, 15) is 27.9 Å². The number of hydrogen-bond donors (Lipinski definition) is 4. The van der Waals surface area contributed by atoms with Crippen LogP contribution in [0.5, 0.6) is 5.75 Å². The molecule has 4 aromatic rings. The number of hydrogen-bond acceptors (Lipinski definition) is 4. The molecule has 1 aliphatic rings. The van der Waals surface area contributed by atoms with E-state index in [2.05, 4.69) is 15.6 Å². The summed E-state index contributed by atoms with van der Waals surface area (Å²) in [5, 5.41) is 16.7. The summed E-state index contributed by atoms with van der Waals surface area (Å²) in [7, 11) is 1.52. The molecule has 1 atom stereocenters. The zero-order chi connectivity index (χ0) is 31.8. The van der Waals surface area contributed by atoms with Crippen LogP contribution in [0.25, 0.3) is 22.0 Å². The van der Waals surface area contributed by atoms with E-state index in [1.807, 2.05) is 13.8 Å². The van der Waals surface area contributed by atoms with Gasteiger partial charge in [0.15, 0.2) is 0 Å². The van der Waals surface area contributed by atoms with E-state index < -0.39 is 23.1 Å². The van der Waals surface area contributed by atoms with Gasteiger partial charge >= 0.3 is 6.18 Å². The molecule has 0 spiro atoms. The van der Waals surface area contributed by atoms with Gasteiger partial charge in [0, 0.05) is 30.1 Å². The maximum absolute atomic E-state index is 13.7. The Morgan fingerprint density at radius 3 is 2.45 bits per heavy atom. The molecule has 1 aliphatic carbocycles. The number of aliphatic hydroxyl groups excluding tert-OH is 1. The number of fused-ring (bicyclic) bond motifs is 3. The van der Waals surface area contributed by atoms with Crippen molar-refractivity contribution in [2.24, 2.45) is 5.41 Å². The molecule has 7 nitrogen and oxygen atoms in total. The second kappa shape index (κ2) is 12.2. The van der Waals surface area contributed by atoms with Gasteiger partial charge in [0.2, 0.25) is 0 Å². The summed E-state index contributed by atoms with van der Waals surface area (Å²) in [4.78, 5) is 28.7. The van der Waals surface area contributed by atoms with E-state index in [1.165, 1.54) is 13.1 Å². The molecule has 0 saturated carbocycles. The number of para-hydroxylation sites is 1. The van der Waals surface area contributed by atoms with E-state index in [0.29, 0.717) is 52.8 Å². The monoisotopic (exact) mass is 627 g/mol. The summed E-state index contributed by atoms with van der Waals surface area (Å²) in [6.07, 6.45) is -3.51. The van der Waals surface area contributed by atoms with E-state index in [4.69, 9.17) is 16.3 Å². The highest BCUT2D eigenvalue weighted by Gasteiger charge is 2.39. The van der Waals surface area contributed by atoms with Crippen molar-refractivity contribution in [1.82, 2.24) is 15.6 Å². The molecule has 5 rings (SSSR count). The van der Waals surface area contributed by atoms with Crippen molar-refractivity contribution in [2.45, 2.75) is 45.4 Å². The first kappa shape index (κ1) is 31.4. The van der Waals surface area contributed by atoms with Gasteiger partial charge in [-0.3, -0.25) is 9.59 Å². The van der Waals surface area contributed by atoms with Crippen LogP contribution in [-0.4, -0.2) is 48.2 Å². The SMILES string of the molecule is CNC(=O)c1ccc(-c2ccc(OC(C)C)c(C(=O)NCC3(CO)CCc4[nH]c5c(C(F)(F)F)cccc5c4C3)c2)cc1Cl. The molecule has 232 valence electrons. The summed E-state index contributed by atoms with van der Waals surface area (Å²) in [6.45, 7) is 3.53. The number of aromatic amines is 1. The maximum Gasteiger partial charge on any atom is 0.418 e. The first-order chi connectivity index (χ1) is 20.9. The van der Waals surface area contributed by atoms with Crippen molar-refractivity contribution in [2.75, 3.05) is 20.2 Å². The topological polar surface area (TPSA) is 103 Å². The van der Waals surface area contributed by atoms with Crippen molar-refractivity contribution in [3.05, 3.63) is 87.6 Å².